The lowest BCUT2D eigenvalue weighted by molar-refractivity contribution is 0.169. The molecule has 2 aromatic rings. The highest BCUT2D eigenvalue weighted by atomic mass is 16.3. The van der Waals surface area contributed by atoms with E-state index in [1.807, 2.05) is 23.6 Å². The van der Waals surface area contributed by atoms with Crippen molar-refractivity contribution in [2.24, 2.45) is 0 Å². The van der Waals surface area contributed by atoms with Gasteiger partial charge in [-0.3, -0.25) is 4.98 Å². The zero-order chi connectivity index (χ0) is 11.4. The molecule has 1 atom stereocenters. The molecule has 0 radical (unpaired) electrons. The van der Waals surface area contributed by atoms with Gasteiger partial charge in [0, 0.05) is 25.4 Å². The maximum Gasteiger partial charge on any atom is 0.0996 e. The second-order valence-electron chi connectivity index (χ2n) is 3.69. The van der Waals surface area contributed by atoms with E-state index in [1.54, 1.807) is 24.9 Å². The zero-order valence-electron chi connectivity index (χ0n) is 9.24. The van der Waals surface area contributed by atoms with E-state index >= 15 is 0 Å². The smallest absolute Gasteiger partial charge is 0.0996 e. The number of hydrogen-bond acceptors (Lipinski definition) is 3. The van der Waals surface area contributed by atoms with Crippen molar-refractivity contribution in [1.29, 1.82) is 0 Å². The summed E-state index contributed by atoms with van der Waals surface area (Å²) in [5.74, 6) is 0. The standard InChI is InChI=1S/C12H15N3O/c1-2-15-9-14-8-11(15)12(16)6-10-4-3-5-13-7-10/h3-5,7-9,12,16H,2,6H2,1H3. The fourth-order valence-electron chi connectivity index (χ4n) is 1.72. The van der Waals surface area contributed by atoms with Gasteiger partial charge in [0.25, 0.3) is 0 Å². The maximum absolute atomic E-state index is 10.1. The summed E-state index contributed by atoms with van der Waals surface area (Å²) in [7, 11) is 0. The molecule has 0 fully saturated rings. The van der Waals surface area contributed by atoms with Gasteiger partial charge in [-0.25, -0.2) is 4.98 Å². The van der Waals surface area contributed by atoms with Crippen LogP contribution in [0.15, 0.2) is 37.1 Å². The summed E-state index contributed by atoms with van der Waals surface area (Å²) in [4.78, 5) is 8.07. The number of rotatable bonds is 4. The van der Waals surface area contributed by atoms with Gasteiger partial charge < -0.3 is 9.67 Å². The second kappa shape index (κ2) is 4.90. The monoisotopic (exact) mass is 217 g/mol. The van der Waals surface area contributed by atoms with E-state index in [4.69, 9.17) is 0 Å². The van der Waals surface area contributed by atoms with Crippen molar-refractivity contribution >= 4 is 0 Å². The van der Waals surface area contributed by atoms with Gasteiger partial charge in [-0.15, -0.1) is 0 Å². The van der Waals surface area contributed by atoms with Gasteiger partial charge in [-0.05, 0) is 18.6 Å². The minimum Gasteiger partial charge on any atom is -0.386 e. The maximum atomic E-state index is 10.1. The van der Waals surface area contributed by atoms with Gasteiger partial charge in [-0.2, -0.15) is 0 Å². The molecule has 2 rings (SSSR count). The predicted octanol–water partition coefficient (Wildman–Crippen LogP) is 1.57. The number of nitrogens with zero attached hydrogens (tertiary/aromatic N) is 3. The Bertz CT molecular complexity index is 439. The Kier molecular flexibility index (Phi) is 3.31. The van der Waals surface area contributed by atoms with Crippen molar-refractivity contribution in [2.45, 2.75) is 26.0 Å². The first kappa shape index (κ1) is 10.8. The van der Waals surface area contributed by atoms with E-state index < -0.39 is 6.10 Å². The SMILES string of the molecule is CCn1cncc1C(O)Cc1cccnc1. The highest BCUT2D eigenvalue weighted by Crippen LogP contribution is 2.17. The molecular formula is C12H15N3O. The van der Waals surface area contributed by atoms with Crippen LogP contribution >= 0.6 is 0 Å². The Balaban J connectivity index is 2.11. The highest BCUT2D eigenvalue weighted by molar-refractivity contribution is 5.13. The molecule has 0 saturated heterocycles. The van der Waals surface area contributed by atoms with Crippen LogP contribution in [-0.4, -0.2) is 19.6 Å². The molecule has 0 bridgehead atoms. The van der Waals surface area contributed by atoms with Gasteiger partial charge >= 0.3 is 0 Å². The van der Waals surface area contributed by atoms with Crippen LogP contribution in [0.2, 0.25) is 0 Å². The molecule has 0 saturated carbocycles. The Hall–Kier alpha value is -1.68. The number of aliphatic hydroxyl groups is 1. The number of aromatic nitrogens is 3. The molecule has 2 heterocycles. The third kappa shape index (κ3) is 2.28. The third-order valence-electron chi connectivity index (χ3n) is 2.58. The van der Waals surface area contributed by atoms with Gasteiger partial charge in [-0.1, -0.05) is 6.07 Å². The van der Waals surface area contributed by atoms with Crippen LogP contribution in [0.25, 0.3) is 0 Å². The Morgan fingerprint density at radius 1 is 1.38 bits per heavy atom. The van der Waals surface area contributed by atoms with E-state index in [-0.39, 0.29) is 0 Å². The van der Waals surface area contributed by atoms with Crippen LogP contribution in [0.5, 0.6) is 0 Å². The molecule has 4 nitrogen and oxygen atoms in total. The Morgan fingerprint density at radius 2 is 2.25 bits per heavy atom. The summed E-state index contributed by atoms with van der Waals surface area (Å²) in [6, 6.07) is 3.84. The molecule has 0 aliphatic carbocycles. The fraction of sp³-hybridized carbons (Fsp3) is 0.333. The summed E-state index contributed by atoms with van der Waals surface area (Å²) in [6.07, 6.45) is 7.00. The van der Waals surface area contributed by atoms with Crippen LogP contribution in [0, 0.1) is 0 Å². The molecule has 84 valence electrons. The highest BCUT2D eigenvalue weighted by Gasteiger charge is 2.12. The topological polar surface area (TPSA) is 50.9 Å². The number of pyridine rings is 1. The average molecular weight is 217 g/mol. The minimum absolute atomic E-state index is 0.522. The summed E-state index contributed by atoms with van der Waals surface area (Å²) >= 11 is 0. The summed E-state index contributed by atoms with van der Waals surface area (Å²) in [5.41, 5.74) is 1.88. The van der Waals surface area contributed by atoms with Crippen molar-refractivity contribution in [2.75, 3.05) is 0 Å². The number of imidazole rings is 1. The van der Waals surface area contributed by atoms with Crippen molar-refractivity contribution in [1.82, 2.24) is 14.5 Å². The van der Waals surface area contributed by atoms with E-state index in [2.05, 4.69) is 9.97 Å². The first-order valence-electron chi connectivity index (χ1n) is 5.38. The van der Waals surface area contributed by atoms with E-state index in [0.717, 1.165) is 17.8 Å². The summed E-state index contributed by atoms with van der Waals surface area (Å²) in [5, 5.41) is 10.1. The molecule has 0 aromatic carbocycles. The molecule has 1 unspecified atom stereocenters. The third-order valence-corrected chi connectivity index (χ3v) is 2.58. The van der Waals surface area contributed by atoms with E-state index in [9.17, 15) is 5.11 Å². The van der Waals surface area contributed by atoms with Gasteiger partial charge in [0.05, 0.1) is 24.3 Å². The fourth-order valence-corrected chi connectivity index (χ4v) is 1.72. The van der Waals surface area contributed by atoms with Gasteiger partial charge in [0.1, 0.15) is 0 Å². The van der Waals surface area contributed by atoms with Crippen LogP contribution in [-0.2, 0) is 13.0 Å². The van der Waals surface area contributed by atoms with Crippen molar-refractivity contribution in [3.05, 3.63) is 48.3 Å². The predicted molar refractivity (Wildman–Crippen MR) is 60.8 cm³/mol. The Labute approximate surface area is 94.6 Å². The quantitative estimate of drug-likeness (QED) is 0.845. The molecule has 0 aliphatic heterocycles. The average Bonchev–Trinajstić information content (AvgIpc) is 2.78. The molecular weight excluding hydrogens is 202 g/mol. The lowest BCUT2D eigenvalue weighted by Crippen LogP contribution is -2.08. The first-order valence-corrected chi connectivity index (χ1v) is 5.38. The minimum atomic E-state index is -0.522. The van der Waals surface area contributed by atoms with Crippen LogP contribution in [0.3, 0.4) is 0 Å². The lowest BCUT2D eigenvalue weighted by Gasteiger charge is -2.12. The largest absolute Gasteiger partial charge is 0.386 e. The number of aliphatic hydroxyl groups excluding tert-OH is 1. The van der Waals surface area contributed by atoms with Crippen molar-refractivity contribution in [3.63, 3.8) is 0 Å². The first-order chi connectivity index (χ1) is 7.81. The molecule has 16 heavy (non-hydrogen) atoms. The van der Waals surface area contributed by atoms with Gasteiger partial charge in [0.2, 0.25) is 0 Å². The normalized spacial score (nSPS) is 12.6. The van der Waals surface area contributed by atoms with Crippen LogP contribution in [0.4, 0.5) is 0 Å². The molecule has 0 amide bonds. The molecule has 2 aromatic heterocycles. The second-order valence-corrected chi connectivity index (χ2v) is 3.69. The zero-order valence-corrected chi connectivity index (χ0v) is 9.24. The molecule has 0 aliphatic rings. The van der Waals surface area contributed by atoms with E-state index in [1.165, 1.54) is 0 Å². The Morgan fingerprint density at radius 3 is 2.94 bits per heavy atom. The molecule has 0 spiro atoms. The number of hydrogen-bond donors (Lipinski definition) is 1. The van der Waals surface area contributed by atoms with Crippen LogP contribution in [0.1, 0.15) is 24.3 Å². The molecule has 4 heteroatoms. The van der Waals surface area contributed by atoms with Crippen molar-refractivity contribution < 1.29 is 5.11 Å². The van der Waals surface area contributed by atoms with E-state index in [0.29, 0.717) is 6.42 Å². The lowest BCUT2D eigenvalue weighted by atomic mass is 10.1. The summed E-state index contributed by atoms with van der Waals surface area (Å²) < 4.78 is 1.95. The number of aryl methyl sites for hydroxylation is 1. The van der Waals surface area contributed by atoms with Gasteiger partial charge in [0.15, 0.2) is 0 Å². The van der Waals surface area contributed by atoms with Crippen LogP contribution < -0.4 is 0 Å². The molecule has 1 N–H and O–H groups in total. The van der Waals surface area contributed by atoms with Crippen molar-refractivity contribution in [3.8, 4) is 0 Å². The summed E-state index contributed by atoms with van der Waals surface area (Å²) in [6.45, 7) is 2.85.